The van der Waals surface area contributed by atoms with Gasteiger partial charge >= 0.3 is 0 Å². The number of guanidine groups is 1. The van der Waals surface area contributed by atoms with Crippen molar-refractivity contribution in [2.45, 2.75) is 19.9 Å². The number of aromatic amines is 1. The summed E-state index contributed by atoms with van der Waals surface area (Å²) in [6.45, 7) is 3.29. The quantitative estimate of drug-likeness (QED) is 0.580. The van der Waals surface area contributed by atoms with E-state index in [1.54, 1.807) is 19.3 Å². The van der Waals surface area contributed by atoms with Crippen LogP contribution in [0, 0.1) is 12.7 Å². The predicted octanol–water partition coefficient (Wildman–Crippen LogP) is 1.76. The Labute approximate surface area is 123 Å². The summed E-state index contributed by atoms with van der Waals surface area (Å²) in [7, 11) is 1.73. The smallest absolute Gasteiger partial charge is 0.191 e. The molecule has 0 saturated heterocycles. The Hall–Kier alpha value is -2.37. The van der Waals surface area contributed by atoms with Crippen LogP contribution in [0.5, 0.6) is 0 Å². The van der Waals surface area contributed by atoms with E-state index in [1.165, 1.54) is 6.07 Å². The fraction of sp³-hybridized carbons (Fsp3) is 0.333. The molecule has 0 bridgehead atoms. The van der Waals surface area contributed by atoms with Gasteiger partial charge in [-0.25, -0.2) is 4.39 Å². The summed E-state index contributed by atoms with van der Waals surface area (Å²) in [6, 6.07) is 6.78. The highest BCUT2D eigenvalue weighted by Gasteiger charge is 2.02. The lowest BCUT2D eigenvalue weighted by Crippen LogP contribution is -2.38. The highest BCUT2D eigenvalue weighted by molar-refractivity contribution is 5.79. The minimum atomic E-state index is -0.193. The molecule has 3 N–H and O–H groups in total. The maximum absolute atomic E-state index is 13.0. The lowest BCUT2D eigenvalue weighted by atomic mass is 10.1. The zero-order chi connectivity index (χ0) is 15.1. The maximum atomic E-state index is 13.0. The second kappa shape index (κ2) is 7.42. The molecule has 0 radical (unpaired) electrons. The number of benzene rings is 1. The molecule has 0 fully saturated rings. The number of nitrogens with one attached hydrogen (secondary N) is 3. The average molecular weight is 289 g/mol. The van der Waals surface area contributed by atoms with Gasteiger partial charge in [0.2, 0.25) is 0 Å². The number of rotatable bonds is 5. The summed E-state index contributed by atoms with van der Waals surface area (Å²) in [6.07, 6.45) is 2.53. The van der Waals surface area contributed by atoms with Crippen LogP contribution >= 0.6 is 0 Å². The maximum Gasteiger partial charge on any atom is 0.191 e. The van der Waals surface area contributed by atoms with Gasteiger partial charge in [-0.2, -0.15) is 5.10 Å². The molecule has 0 aliphatic carbocycles. The molecular formula is C15H20FN5. The van der Waals surface area contributed by atoms with Crippen molar-refractivity contribution in [1.29, 1.82) is 0 Å². The first-order chi connectivity index (χ1) is 10.2. The summed E-state index contributed by atoms with van der Waals surface area (Å²) in [5, 5.41) is 13.2. The molecule has 21 heavy (non-hydrogen) atoms. The number of halogens is 1. The first kappa shape index (κ1) is 15.0. The Bertz CT molecular complexity index is 592. The standard InChI is InChI=1S/C15H20FN5/c1-11-9-13(16)4-3-12(11)5-7-18-15(17-2)19-10-14-6-8-20-21-14/h3-4,6,8-9H,5,7,10H2,1-2H3,(H,20,21)(H2,17,18,19). The van der Waals surface area contributed by atoms with Crippen LogP contribution in [0.25, 0.3) is 0 Å². The zero-order valence-electron chi connectivity index (χ0n) is 12.3. The Morgan fingerprint density at radius 1 is 1.33 bits per heavy atom. The predicted molar refractivity (Wildman–Crippen MR) is 81.6 cm³/mol. The van der Waals surface area contributed by atoms with Crippen molar-refractivity contribution < 1.29 is 4.39 Å². The minimum Gasteiger partial charge on any atom is -0.356 e. The molecule has 0 spiro atoms. The van der Waals surface area contributed by atoms with Gasteiger partial charge in [-0.3, -0.25) is 10.1 Å². The van der Waals surface area contributed by atoms with Crippen LogP contribution in [0.3, 0.4) is 0 Å². The molecule has 2 rings (SSSR count). The number of aliphatic imine (C=N–C) groups is 1. The van der Waals surface area contributed by atoms with Crippen LogP contribution in [-0.2, 0) is 13.0 Å². The number of nitrogens with zero attached hydrogens (tertiary/aromatic N) is 2. The van der Waals surface area contributed by atoms with Crippen molar-refractivity contribution in [3.63, 3.8) is 0 Å². The molecule has 1 heterocycles. The van der Waals surface area contributed by atoms with Gasteiger partial charge in [0.15, 0.2) is 5.96 Å². The Balaban J connectivity index is 1.78. The Morgan fingerprint density at radius 3 is 2.86 bits per heavy atom. The zero-order valence-corrected chi connectivity index (χ0v) is 12.3. The summed E-state index contributed by atoms with van der Waals surface area (Å²) in [5.41, 5.74) is 3.09. The van der Waals surface area contributed by atoms with E-state index in [2.05, 4.69) is 25.8 Å². The van der Waals surface area contributed by atoms with Crippen molar-refractivity contribution in [2.24, 2.45) is 4.99 Å². The van der Waals surface area contributed by atoms with E-state index >= 15 is 0 Å². The van der Waals surface area contributed by atoms with Crippen molar-refractivity contribution in [1.82, 2.24) is 20.8 Å². The van der Waals surface area contributed by atoms with Crippen LogP contribution in [0.1, 0.15) is 16.8 Å². The number of aryl methyl sites for hydroxylation is 1. The van der Waals surface area contributed by atoms with Crippen molar-refractivity contribution >= 4 is 5.96 Å². The van der Waals surface area contributed by atoms with Crippen LogP contribution < -0.4 is 10.6 Å². The van der Waals surface area contributed by atoms with E-state index < -0.39 is 0 Å². The van der Waals surface area contributed by atoms with Crippen LogP contribution in [0.2, 0.25) is 0 Å². The molecular weight excluding hydrogens is 269 g/mol. The van der Waals surface area contributed by atoms with E-state index in [-0.39, 0.29) is 5.82 Å². The van der Waals surface area contributed by atoms with Crippen LogP contribution in [-0.4, -0.2) is 29.7 Å². The van der Waals surface area contributed by atoms with Gasteiger partial charge in [0.05, 0.1) is 12.2 Å². The third-order valence-corrected chi connectivity index (χ3v) is 3.22. The molecule has 6 heteroatoms. The van der Waals surface area contributed by atoms with Crippen LogP contribution in [0.15, 0.2) is 35.5 Å². The highest BCUT2D eigenvalue weighted by atomic mass is 19.1. The van der Waals surface area contributed by atoms with Gasteiger partial charge in [-0.05, 0) is 42.7 Å². The lowest BCUT2D eigenvalue weighted by molar-refractivity contribution is 0.625. The molecule has 2 aromatic rings. The molecule has 0 saturated carbocycles. The van der Waals surface area contributed by atoms with E-state index in [4.69, 9.17) is 0 Å². The molecule has 0 aliphatic rings. The van der Waals surface area contributed by atoms with Gasteiger partial charge in [0.25, 0.3) is 0 Å². The monoisotopic (exact) mass is 289 g/mol. The summed E-state index contributed by atoms with van der Waals surface area (Å²) in [5.74, 6) is 0.533. The lowest BCUT2D eigenvalue weighted by Gasteiger charge is -2.12. The largest absolute Gasteiger partial charge is 0.356 e. The summed E-state index contributed by atoms with van der Waals surface area (Å²) in [4.78, 5) is 4.16. The SMILES string of the molecule is CN=C(NCCc1ccc(F)cc1C)NCc1ccn[nH]1. The molecule has 5 nitrogen and oxygen atoms in total. The van der Waals surface area contributed by atoms with Crippen molar-refractivity contribution in [3.05, 3.63) is 53.1 Å². The summed E-state index contributed by atoms with van der Waals surface area (Å²) < 4.78 is 13.0. The van der Waals surface area contributed by atoms with Gasteiger partial charge in [-0.15, -0.1) is 0 Å². The Morgan fingerprint density at radius 2 is 2.19 bits per heavy atom. The van der Waals surface area contributed by atoms with Gasteiger partial charge in [-0.1, -0.05) is 6.07 Å². The molecule has 0 amide bonds. The average Bonchev–Trinajstić information content (AvgIpc) is 2.98. The van der Waals surface area contributed by atoms with Crippen molar-refractivity contribution in [2.75, 3.05) is 13.6 Å². The first-order valence-corrected chi connectivity index (χ1v) is 6.87. The third kappa shape index (κ3) is 4.59. The minimum absolute atomic E-state index is 0.193. The molecule has 0 unspecified atom stereocenters. The number of H-pyrrole nitrogens is 1. The molecule has 1 aromatic heterocycles. The van der Waals surface area contributed by atoms with Gasteiger partial charge in [0.1, 0.15) is 5.82 Å². The van der Waals surface area contributed by atoms with Crippen LogP contribution in [0.4, 0.5) is 4.39 Å². The fourth-order valence-electron chi connectivity index (χ4n) is 2.04. The second-order valence-electron chi connectivity index (χ2n) is 4.76. The number of hydrogen-bond acceptors (Lipinski definition) is 2. The van der Waals surface area contributed by atoms with Gasteiger partial charge < -0.3 is 10.6 Å². The molecule has 1 aromatic carbocycles. The van der Waals surface area contributed by atoms with Gasteiger partial charge in [0, 0.05) is 19.8 Å². The molecule has 0 atom stereocenters. The van der Waals surface area contributed by atoms with E-state index in [0.29, 0.717) is 6.54 Å². The Kier molecular flexibility index (Phi) is 5.31. The fourth-order valence-corrected chi connectivity index (χ4v) is 2.04. The van der Waals surface area contributed by atoms with E-state index in [9.17, 15) is 4.39 Å². The molecule has 0 aliphatic heterocycles. The highest BCUT2D eigenvalue weighted by Crippen LogP contribution is 2.10. The first-order valence-electron chi connectivity index (χ1n) is 6.87. The van der Waals surface area contributed by atoms with E-state index in [1.807, 2.05) is 19.1 Å². The summed E-state index contributed by atoms with van der Waals surface area (Å²) >= 11 is 0. The van der Waals surface area contributed by atoms with Crippen molar-refractivity contribution in [3.8, 4) is 0 Å². The number of aromatic nitrogens is 2. The second-order valence-corrected chi connectivity index (χ2v) is 4.76. The molecule has 112 valence electrons. The topological polar surface area (TPSA) is 65.1 Å². The normalized spacial score (nSPS) is 11.5. The third-order valence-electron chi connectivity index (χ3n) is 3.22. The number of hydrogen-bond donors (Lipinski definition) is 3. The van der Waals surface area contributed by atoms with E-state index in [0.717, 1.165) is 35.7 Å².